The van der Waals surface area contributed by atoms with E-state index in [1.807, 2.05) is 33.8 Å². The van der Waals surface area contributed by atoms with Gasteiger partial charge >= 0.3 is 5.63 Å². The molecule has 1 unspecified atom stereocenters. The number of allylic oxidation sites excluding steroid dienone is 1. The smallest absolute Gasteiger partial charge is 0.336 e. The Labute approximate surface area is 140 Å². The van der Waals surface area contributed by atoms with Gasteiger partial charge in [-0.05, 0) is 45.4 Å². The number of amides is 1. The Morgan fingerprint density at radius 1 is 1.29 bits per heavy atom. The Hall–Kier alpha value is -2.56. The molecule has 1 amide bonds. The van der Waals surface area contributed by atoms with Crippen LogP contribution in [0.4, 0.5) is 0 Å². The fraction of sp³-hybridized carbons (Fsp3) is 0.368. The summed E-state index contributed by atoms with van der Waals surface area (Å²) in [7, 11) is 0. The second-order valence-corrected chi connectivity index (χ2v) is 6.94. The molecule has 1 aromatic carbocycles. The summed E-state index contributed by atoms with van der Waals surface area (Å²) in [5.74, 6) is 0.571. The molecule has 1 aromatic heterocycles. The molecule has 3 rings (SSSR count). The number of carbonyl (C=O) groups excluding carboxylic acids is 1. The largest absolute Gasteiger partial charge is 0.485 e. The average Bonchev–Trinajstić information content (AvgIpc) is 2.45. The van der Waals surface area contributed by atoms with Crippen molar-refractivity contribution < 1.29 is 13.9 Å². The van der Waals surface area contributed by atoms with Gasteiger partial charge in [0.25, 0.3) is 0 Å². The van der Waals surface area contributed by atoms with Gasteiger partial charge < -0.3 is 14.5 Å². The highest BCUT2D eigenvalue weighted by Gasteiger charge is 2.38. The number of hydrogen-bond acceptors (Lipinski definition) is 4. The van der Waals surface area contributed by atoms with Gasteiger partial charge in [0.05, 0.1) is 6.04 Å². The van der Waals surface area contributed by atoms with E-state index in [1.54, 1.807) is 18.2 Å². The van der Waals surface area contributed by atoms with E-state index in [2.05, 4.69) is 5.32 Å². The molecule has 0 aliphatic carbocycles. The van der Waals surface area contributed by atoms with Gasteiger partial charge in [0.15, 0.2) is 0 Å². The van der Waals surface area contributed by atoms with E-state index in [-0.39, 0.29) is 17.6 Å². The minimum atomic E-state index is -0.569. The van der Waals surface area contributed by atoms with Crippen LogP contribution in [0.15, 0.2) is 45.1 Å². The van der Waals surface area contributed by atoms with Crippen molar-refractivity contribution in [1.29, 1.82) is 0 Å². The summed E-state index contributed by atoms with van der Waals surface area (Å²) in [5, 5.41) is 3.86. The Morgan fingerprint density at radius 2 is 2.04 bits per heavy atom. The minimum absolute atomic E-state index is 0.119. The first-order valence-electron chi connectivity index (χ1n) is 7.96. The highest BCUT2D eigenvalue weighted by Crippen LogP contribution is 2.36. The number of benzene rings is 1. The van der Waals surface area contributed by atoms with E-state index in [9.17, 15) is 9.59 Å². The minimum Gasteiger partial charge on any atom is -0.485 e. The Balaban J connectivity index is 1.96. The van der Waals surface area contributed by atoms with Crippen LogP contribution in [0, 0.1) is 0 Å². The first-order chi connectivity index (χ1) is 11.2. The molecule has 1 aliphatic rings. The molecule has 0 spiro atoms. The molecule has 5 heteroatoms. The molecule has 126 valence electrons. The van der Waals surface area contributed by atoms with Gasteiger partial charge in [0, 0.05) is 30.0 Å². The second kappa shape index (κ2) is 5.82. The molecule has 5 nitrogen and oxygen atoms in total. The molecule has 2 heterocycles. The Bertz CT molecular complexity index is 888. The summed E-state index contributed by atoms with van der Waals surface area (Å²) in [5.41, 5.74) is 1.48. The lowest BCUT2D eigenvalue weighted by Crippen LogP contribution is -2.55. The molecule has 2 aromatic rings. The van der Waals surface area contributed by atoms with Crippen LogP contribution in [-0.2, 0) is 11.2 Å². The SMILES string of the molecule is CC(C)=CC(=O)NC1Cc2cc3ccc(=O)oc3cc2OC1(C)C. The molecule has 24 heavy (non-hydrogen) atoms. The van der Waals surface area contributed by atoms with Gasteiger partial charge in [-0.3, -0.25) is 4.79 Å². The van der Waals surface area contributed by atoms with Crippen molar-refractivity contribution in [2.45, 2.75) is 45.8 Å². The summed E-state index contributed by atoms with van der Waals surface area (Å²) in [6.07, 6.45) is 2.24. The van der Waals surface area contributed by atoms with Crippen LogP contribution in [0.3, 0.4) is 0 Å². The van der Waals surface area contributed by atoms with Crippen LogP contribution >= 0.6 is 0 Å². The van der Waals surface area contributed by atoms with Crippen molar-refractivity contribution in [2.24, 2.45) is 0 Å². The van der Waals surface area contributed by atoms with Crippen LogP contribution in [0.25, 0.3) is 11.0 Å². The summed E-state index contributed by atoms with van der Waals surface area (Å²) < 4.78 is 11.3. The average molecular weight is 327 g/mol. The number of nitrogens with one attached hydrogen (secondary N) is 1. The third-order valence-corrected chi connectivity index (χ3v) is 4.17. The number of rotatable bonds is 2. The first-order valence-corrected chi connectivity index (χ1v) is 7.96. The topological polar surface area (TPSA) is 68.5 Å². The maximum absolute atomic E-state index is 12.1. The second-order valence-electron chi connectivity index (χ2n) is 6.94. The molecular weight excluding hydrogens is 306 g/mol. The van der Waals surface area contributed by atoms with Crippen molar-refractivity contribution in [1.82, 2.24) is 5.32 Å². The van der Waals surface area contributed by atoms with Gasteiger partial charge in [0.2, 0.25) is 5.91 Å². The van der Waals surface area contributed by atoms with Gasteiger partial charge in [-0.2, -0.15) is 0 Å². The number of hydrogen-bond donors (Lipinski definition) is 1. The van der Waals surface area contributed by atoms with Gasteiger partial charge in [-0.25, -0.2) is 4.79 Å². The van der Waals surface area contributed by atoms with E-state index in [1.165, 1.54) is 6.07 Å². The van der Waals surface area contributed by atoms with Crippen molar-refractivity contribution in [3.05, 3.63) is 51.9 Å². The van der Waals surface area contributed by atoms with Gasteiger partial charge in [-0.1, -0.05) is 5.57 Å². The summed E-state index contributed by atoms with van der Waals surface area (Å²) in [6.45, 7) is 7.65. The normalized spacial score (nSPS) is 18.4. The Morgan fingerprint density at radius 3 is 2.75 bits per heavy atom. The van der Waals surface area contributed by atoms with Crippen LogP contribution in [0.2, 0.25) is 0 Å². The first kappa shape index (κ1) is 16.3. The van der Waals surface area contributed by atoms with E-state index in [4.69, 9.17) is 9.15 Å². The molecule has 0 radical (unpaired) electrons. The van der Waals surface area contributed by atoms with Crippen LogP contribution in [-0.4, -0.2) is 17.6 Å². The van der Waals surface area contributed by atoms with E-state index in [0.29, 0.717) is 17.8 Å². The molecular formula is C19H21NO4. The maximum Gasteiger partial charge on any atom is 0.336 e. The van der Waals surface area contributed by atoms with Crippen molar-refractivity contribution in [3.63, 3.8) is 0 Å². The van der Waals surface area contributed by atoms with E-state index < -0.39 is 5.60 Å². The number of ether oxygens (including phenoxy) is 1. The van der Waals surface area contributed by atoms with Gasteiger partial charge in [-0.15, -0.1) is 0 Å². The molecule has 1 aliphatic heterocycles. The van der Waals surface area contributed by atoms with E-state index in [0.717, 1.165) is 16.5 Å². The quantitative estimate of drug-likeness (QED) is 0.680. The lowest BCUT2D eigenvalue weighted by molar-refractivity contribution is -0.118. The molecule has 0 fully saturated rings. The van der Waals surface area contributed by atoms with Crippen LogP contribution < -0.4 is 15.7 Å². The summed E-state index contributed by atoms with van der Waals surface area (Å²) in [4.78, 5) is 23.5. The fourth-order valence-corrected chi connectivity index (χ4v) is 2.92. The summed E-state index contributed by atoms with van der Waals surface area (Å²) in [6, 6.07) is 6.68. The van der Waals surface area contributed by atoms with E-state index >= 15 is 0 Å². The van der Waals surface area contributed by atoms with Crippen LogP contribution in [0.1, 0.15) is 33.3 Å². The maximum atomic E-state index is 12.1. The summed E-state index contributed by atoms with van der Waals surface area (Å²) >= 11 is 0. The fourth-order valence-electron chi connectivity index (χ4n) is 2.92. The highest BCUT2D eigenvalue weighted by atomic mass is 16.5. The lowest BCUT2D eigenvalue weighted by Gasteiger charge is -2.40. The lowest BCUT2D eigenvalue weighted by atomic mass is 9.88. The predicted molar refractivity (Wildman–Crippen MR) is 92.3 cm³/mol. The number of fused-ring (bicyclic) bond motifs is 2. The zero-order valence-electron chi connectivity index (χ0n) is 14.3. The Kier molecular flexibility index (Phi) is 3.95. The molecule has 0 bridgehead atoms. The standard InChI is InChI=1S/C19H21NO4/c1-11(2)7-17(21)20-16-9-13-8-12-5-6-18(22)23-14(12)10-15(13)24-19(16,3)4/h5-8,10,16H,9H2,1-4H3,(H,20,21). The molecule has 0 saturated carbocycles. The van der Waals surface area contributed by atoms with Crippen molar-refractivity contribution >= 4 is 16.9 Å². The van der Waals surface area contributed by atoms with Crippen molar-refractivity contribution in [2.75, 3.05) is 0 Å². The van der Waals surface area contributed by atoms with Crippen LogP contribution in [0.5, 0.6) is 5.75 Å². The zero-order chi connectivity index (χ0) is 17.5. The van der Waals surface area contributed by atoms with Gasteiger partial charge in [0.1, 0.15) is 16.9 Å². The third-order valence-electron chi connectivity index (χ3n) is 4.17. The number of carbonyl (C=O) groups is 1. The molecule has 1 N–H and O–H groups in total. The molecule has 1 atom stereocenters. The zero-order valence-corrected chi connectivity index (χ0v) is 14.3. The van der Waals surface area contributed by atoms with Crippen molar-refractivity contribution in [3.8, 4) is 5.75 Å². The predicted octanol–water partition coefficient (Wildman–Crippen LogP) is 2.96. The third kappa shape index (κ3) is 3.20. The molecule has 0 saturated heterocycles. The monoisotopic (exact) mass is 327 g/mol. The highest BCUT2D eigenvalue weighted by molar-refractivity contribution is 5.88.